The molecule has 2 unspecified atom stereocenters. The van der Waals surface area contributed by atoms with Crippen molar-refractivity contribution in [1.82, 2.24) is 0 Å². The molecule has 0 fully saturated rings. The van der Waals surface area contributed by atoms with Gasteiger partial charge in [0, 0.05) is 12.1 Å². The largest absolute Gasteiger partial charge is 0.355 e. The van der Waals surface area contributed by atoms with E-state index in [1.165, 1.54) is 0 Å². The SMILES string of the molecule is CC(N)CCOCOCCC(C)N. The minimum absolute atomic E-state index is 0.198. The van der Waals surface area contributed by atoms with Crippen molar-refractivity contribution in [3.8, 4) is 0 Å². The minimum Gasteiger partial charge on any atom is -0.355 e. The molecule has 13 heavy (non-hydrogen) atoms. The Morgan fingerprint density at radius 3 is 1.62 bits per heavy atom. The molecule has 0 amide bonds. The summed E-state index contributed by atoms with van der Waals surface area (Å²) in [5, 5.41) is 0. The standard InChI is InChI=1S/C9H22N2O2/c1-8(10)3-5-12-7-13-6-4-9(2)11/h8-9H,3-7,10-11H2,1-2H3. The normalized spacial score (nSPS) is 15.7. The van der Waals surface area contributed by atoms with Gasteiger partial charge in [-0.15, -0.1) is 0 Å². The highest BCUT2D eigenvalue weighted by Gasteiger charge is 1.95. The third kappa shape index (κ3) is 11.8. The van der Waals surface area contributed by atoms with E-state index in [-0.39, 0.29) is 12.1 Å². The molecule has 0 aliphatic heterocycles. The van der Waals surface area contributed by atoms with Crippen molar-refractivity contribution in [2.24, 2.45) is 11.5 Å². The molecule has 0 aromatic rings. The van der Waals surface area contributed by atoms with Crippen LogP contribution in [0.3, 0.4) is 0 Å². The third-order valence-corrected chi connectivity index (χ3v) is 1.60. The summed E-state index contributed by atoms with van der Waals surface area (Å²) in [6.45, 7) is 5.59. The lowest BCUT2D eigenvalue weighted by Crippen LogP contribution is -2.19. The zero-order valence-electron chi connectivity index (χ0n) is 8.66. The maximum Gasteiger partial charge on any atom is 0.146 e. The van der Waals surface area contributed by atoms with Crippen molar-refractivity contribution < 1.29 is 9.47 Å². The molecule has 4 N–H and O–H groups in total. The van der Waals surface area contributed by atoms with Crippen molar-refractivity contribution in [2.75, 3.05) is 20.0 Å². The van der Waals surface area contributed by atoms with Gasteiger partial charge in [-0.05, 0) is 26.7 Å². The first-order valence-corrected chi connectivity index (χ1v) is 4.79. The van der Waals surface area contributed by atoms with Crippen LogP contribution in [0.4, 0.5) is 0 Å². The van der Waals surface area contributed by atoms with Crippen LogP contribution in [-0.4, -0.2) is 32.1 Å². The van der Waals surface area contributed by atoms with Crippen molar-refractivity contribution in [1.29, 1.82) is 0 Å². The molecule has 0 bridgehead atoms. The lowest BCUT2D eigenvalue weighted by Gasteiger charge is -2.08. The van der Waals surface area contributed by atoms with Crippen LogP contribution < -0.4 is 11.5 Å². The second kappa shape index (κ2) is 8.44. The van der Waals surface area contributed by atoms with Gasteiger partial charge in [0.1, 0.15) is 6.79 Å². The summed E-state index contributed by atoms with van der Waals surface area (Å²) in [6, 6.07) is 0.396. The molecule has 2 atom stereocenters. The predicted molar refractivity (Wildman–Crippen MR) is 53.3 cm³/mol. The van der Waals surface area contributed by atoms with Crippen molar-refractivity contribution in [2.45, 2.75) is 38.8 Å². The smallest absolute Gasteiger partial charge is 0.146 e. The van der Waals surface area contributed by atoms with Crippen LogP contribution in [0.15, 0.2) is 0 Å². The van der Waals surface area contributed by atoms with Crippen LogP contribution in [0.25, 0.3) is 0 Å². The molecule has 0 aliphatic rings. The quantitative estimate of drug-likeness (QED) is 0.431. The average molecular weight is 190 g/mol. The zero-order chi connectivity index (χ0) is 10.1. The van der Waals surface area contributed by atoms with E-state index in [9.17, 15) is 0 Å². The van der Waals surface area contributed by atoms with Gasteiger partial charge in [0.2, 0.25) is 0 Å². The zero-order valence-corrected chi connectivity index (χ0v) is 8.66. The Bertz CT molecular complexity index is 95.8. The monoisotopic (exact) mass is 190 g/mol. The van der Waals surface area contributed by atoms with E-state index in [1.54, 1.807) is 0 Å². The fraction of sp³-hybridized carbons (Fsp3) is 1.00. The fourth-order valence-corrected chi connectivity index (χ4v) is 0.715. The van der Waals surface area contributed by atoms with Gasteiger partial charge in [0.25, 0.3) is 0 Å². The highest BCUT2D eigenvalue weighted by molar-refractivity contribution is 4.50. The summed E-state index contributed by atoms with van der Waals surface area (Å²) in [5.74, 6) is 0. The molecule has 0 aromatic carbocycles. The highest BCUT2D eigenvalue weighted by atomic mass is 16.7. The molecule has 0 rings (SSSR count). The lowest BCUT2D eigenvalue weighted by atomic mass is 10.3. The molecule has 0 radical (unpaired) electrons. The molecular weight excluding hydrogens is 168 g/mol. The van der Waals surface area contributed by atoms with Crippen LogP contribution >= 0.6 is 0 Å². The molecule has 0 aliphatic carbocycles. The lowest BCUT2D eigenvalue weighted by molar-refractivity contribution is -0.0563. The fourth-order valence-electron chi connectivity index (χ4n) is 0.715. The van der Waals surface area contributed by atoms with Gasteiger partial charge in [0.05, 0.1) is 13.2 Å². The Morgan fingerprint density at radius 1 is 0.923 bits per heavy atom. The number of hydrogen-bond acceptors (Lipinski definition) is 4. The van der Waals surface area contributed by atoms with Gasteiger partial charge in [-0.2, -0.15) is 0 Å². The van der Waals surface area contributed by atoms with Gasteiger partial charge in [-0.3, -0.25) is 0 Å². The third-order valence-electron chi connectivity index (χ3n) is 1.60. The highest BCUT2D eigenvalue weighted by Crippen LogP contribution is 1.90. The first kappa shape index (κ1) is 12.8. The number of rotatable bonds is 8. The first-order valence-electron chi connectivity index (χ1n) is 4.79. The summed E-state index contributed by atoms with van der Waals surface area (Å²) >= 11 is 0. The van der Waals surface area contributed by atoms with E-state index in [1.807, 2.05) is 13.8 Å². The molecule has 4 heteroatoms. The number of nitrogens with two attached hydrogens (primary N) is 2. The van der Waals surface area contributed by atoms with Crippen LogP contribution in [0.1, 0.15) is 26.7 Å². The number of ether oxygens (including phenoxy) is 2. The summed E-state index contributed by atoms with van der Waals surface area (Å²) in [6.07, 6.45) is 1.74. The molecule has 0 saturated carbocycles. The molecule has 80 valence electrons. The van der Waals surface area contributed by atoms with Crippen LogP contribution in [0, 0.1) is 0 Å². The molecular formula is C9H22N2O2. The summed E-state index contributed by atoms with van der Waals surface area (Å²) in [7, 11) is 0. The van der Waals surface area contributed by atoms with Crippen LogP contribution in [-0.2, 0) is 9.47 Å². The first-order chi connectivity index (χ1) is 6.13. The summed E-state index contributed by atoms with van der Waals surface area (Å²) < 4.78 is 10.4. The van der Waals surface area contributed by atoms with Gasteiger partial charge in [-0.25, -0.2) is 0 Å². The minimum atomic E-state index is 0.198. The Labute approximate surface area is 80.6 Å². The number of hydrogen-bond donors (Lipinski definition) is 2. The van der Waals surface area contributed by atoms with E-state index >= 15 is 0 Å². The topological polar surface area (TPSA) is 70.5 Å². The van der Waals surface area contributed by atoms with Gasteiger partial charge in [-0.1, -0.05) is 0 Å². The molecule has 0 aromatic heterocycles. The van der Waals surface area contributed by atoms with Crippen LogP contribution in [0.2, 0.25) is 0 Å². The summed E-state index contributed by atoms with van der Waals surface area (Å²) in [5.41, 5.74) is 11.1. The van der Waals surface area contributed by atoms with E-state index in [0.29, 0.717) is 20.0 Å². The summed E-state index contributed by atoms with van der Waals surface area (Å²) in [4.78, 5) is 0. The van der Waals surface area contributed by atoms with E-state index in [4.69, 9.17) is 20.9 Å². The maximum absolute atomic E-state index is 5.54. The Kier molecular flexibility index (Phi) is 8.33. The van der Waals surface area contributed by atoms with Crippen molar-refractivity contribution >= 4 is 0 Å². The van der Waals surface area contributed by atoms with Gasteiger partial charge < -0.3 is 20.9 Å². The van der Waals surface area contributed by atoms with Crippen molar-refractivity contribution in [3.05, 3.63) is 0 Å². The van der Waals surface area contributed by atoms with E-state index in [2.05, 4.69) is 0 Å². The maximum atomic E-state index is 5.54. The van der Waals surface area contributed by atoms with Gasteiger partial charge in [0.15, 0.2) is 0 Å². The van der Waals surface area contributed by atoms with E-state index in [0.717, 1.165) is 12.8 Å². The Hall–Kier alpha value is -0.160. The van der Waals surface area contributed by atoms with Crippen molar-refractivity contribution in [3.63, 3.8) is 0 Å². The van der Waals surface area contributed by atoms with Gasteiger partial charge >= 0.3 is 0 Å². The Balaban J connectivity index is 2.92. The van der Waals surface area contributed by atoms with E-state index < -0.39 is 0 Å². The second-order valence-corrected chi connectivity index (χ2v) is 3.47. The molecule has 0 spiro atoms. The predicted octanol–water partition coefficient (Wildman–Crippen LogP) is 0.452. The molecule has 4 nitrogen and oxygen atoms in total. The molecule has 0 saturated heterocycles. The second-order valence-electron chi connectivity index (χ2n) is 3.47. The average Bonchev–Trinajstić information content (AvgIpc) is 2.01. The van der Waals surface area contributed by atoms with Crippen LogP contribution in [0.5, 0.6) is 0 Å². The Morgan fingerprint density at radius 2 is 1.31 bits per heavy atom. The molecule has 0 heterocycles.